The summed E-state index contributed by atoms with van der Waals surface area (Å²) in [6.45, 7) is 1.47. The second-order valence-corrected chi connectivity index (χ2v) is 6.64. The third-order valence-corrected chi connectivity index (χ3v) is 4.29. The number of aryl methyl sites for hydroxylation is 1. The number of carbonyl (C=O) groups is 2. The molecule has 0 aliphatic rings. The van der Waals surface area contributed by atoms with Crippen LogP contribution in [0.25, 0.3) is 0 Å². The van der Waals surface area contributed by atoms with Crippen LogP contribution in [0.2, 0.25) is 10.0 Å². The number of aromatic nitrogens is 1. The molecule has 0 aliphatic carbocycles. The summed E-state index contributed by atoms with van der Waals surface area (Å²) in [6.07, 6.45) is 0.875. The zero-order chi connectivity index (χ0) is 20.7. The second-order valence-electron chi connectivity index (χ2n) is 5.79. The normalized spacial score (nSPS) is 11.5. The molecule has 9 heteroatoms. The Bertz CT molecular complexity index is 860. The molecule has 1 atom stereocenters. The van der Waals surface area contributed by atoms with Crippen molar-refractivity contribution in [3.63, 3.8) is 0 Å². The largest absolute Gasteiger partial charge is 0.493 e. The van der Waals surface area contributed by atoms with E-state index in [1.165, 1.54) is 26.3 Å². The minimum Gasteiger partial charge on any atom is -0.493 e. The van der Waals surface area contributed by atoms with Crippen LogP contribution in [0, 0.1) is 0 Å². The van der Waals surface area contributed by atoms with E-state index in [0.717, 1.165) is 5.56 Å². The Kier molecular flexibility index (Phi) is 7.90. The fraction of sp³-hybridized carbons (Fsp3) is 0.316. The average molecular weight is 427 g/mol. The first-order chi connectivity index (χ1) is 13.3. The van der Waals surface area contributed by atoms with Crippen molar-refractivity contribution in [2.45, 2.75) is 25.9 Å². The average Bonchev–Trinajstić information content (AvgIpc) is 2.68. The van der Waals surface area contributed by atoms with Crippen molar-refractivity contribution < 1.29 is 23.8 Å². The lowest BCUT2D eigenvalue weighted by Crippen LogP contribution is -2.30. The Hall–Kier alpha value is -2.51. The number of esters is 1. The number of halogens is 2. The third-order valence-electron chi connectivity index (χ3n) is 3.79. The van der Waals surface area contributed by atoms with Gasteiger partial charge in [-0.3, -0.25) is 9.59 Å². The Balaban J connectivity index is 1.87. The molecule has 1 aromatic heterocycles. The summed E-state index contributed by atoms with van der Waals surface area (Å²) in [4.78, 5) is 28.1. The quantitative estimate of drug-likeness (QED) is 0.643. The first kappa shape index (κ1) is 21.8. The molecule has 7 nitrogen and oxygen atoms in total. The number of hydrogen-bond acceptors (Lipinski definition) is 6. The van der Waals surface area contributed by atoms with Gasteiger partial charge in [-0.05, 0) is 37.1 Å². The number of anilines is 1. The Morgan fingerprint density at radius 1 is 1.14 bits per heavy atom. The zero-order valence-corrected chi connectivity index (χ0v) is 17.1. The van der Waals surface area contributed by atoms with Gasteiger partial charge in [-0.25, -0.2) is 4.98 Å². The highest BCUT2D eigenvalue weighted by atomic mass is 35.5. The number of rotatable bonds is 8. The molecule has 28 heavy (non-hydrogen) atoms. The summed E-state index contributed by atoms with van der Waals surface area (Å²) in [5.74, 6) is 0.273. The van der Waals surface area contributed by atoms with E-state index < -0.39 is 18.0 Å². The highest BCUT2D eigenvalue weighted by Gasteiger charge is 2.19. The van der Waals surface area contributed by atoms with E-state index in [4.69, 9.17) is 37.4 Å². The van der Waals surface area contributed by atoms with Gasteiger partial charge in [0.2, 0.25) is 0 Å². The highest BCUT2D eigenvalue weighted by molar-refractivity contribution is 6.36. The molecule has 1 N–H and O–H groups in total. The molecule has 150 valence electrons. The number of nitrogens with one attached hydrogen (secondary N) is 1. The number of hydrogen-bond donors (Lipinski definition) is 1. The topological polar surface area (TPSA) is 86.8 Å². The predicted molar refractivity (Wildman–Crippen MR) is 106 cm³/mol. The van der Waals surface area contributed by atoms with Crippen molar-refractivity contribution in [3.8, 4) is 11.5 Å². The van der Waals surface area contributed by atoms with Crippen molar-refractivity contribution in [2.75, 3.05) is 19.5 Å². The number of nitrogens with zero attached hydrogens (tertiary/aromatic N) is 1. The monoisotopic (exact) mass is 426 g/mol. The first-order valence-corrected chi connectivity index (χ1v) is 9.12. The summed E-state index contributed by atoms with van der Waals surface area (Å²) >= 11 is 11.7. The summed E-state index contributed by atoms with van der Waals surface area (Å²) in [5.41, 5.74) is 0.879. The molecule has 0 saturated carbocycles. The van der Waals surface area contributed by atoms with Crippen molar-refractivity contribution in [3.05, 3.63) is 46.1 Å². The predicted octanol–water partition coefficient (Wildman–Crippen LogP) is 3.91. The van der Waals surface area contributed by atoms with Crippen molar-refractivity contribution in [2.24, 2.45) is 0 Å². The van der Waals surface area contributed by atoms with Gasteiger partial charge in [-0.15, -0.1) is 0 Å². The van der Waals surface area contributed by atoms with E-state index in [-0.39, 0.29) is 17.3 Å². The van der Waals surface area contributed by atoms with E-state index >= 15 is 0 Å². The molecule has 0 bridgehead atoms. The van der Waals surface area contributed by atoms with E-state index in [1.54, 1.807) is 19.2 Å². The Morgan fingerprint density at radius 3 is 2.50 bits per heavy atom. The molecule has 0 radical (unpaired) electrons. The maximum absolute atomic E-state index is 12.2. The van der Waals surface area contributed by atoms with Crippen LogP contribution in [0.5, 0.6) is 11.5 Å². The van der Waals surface area contributed by atoms with Crippen molar-refractivity contribution in [1.82, 2.24) is 4.98 Å². The number of ether oxygens (including phenoxy) is 3. The van der Waals surface area contributed by atoms with Crippen LogP contribution in [0.1, 0.15) is 18.9 Å². The van der Waals surface area contributed by atoms with Crippen LogP contribution < -0.4 is 14.8 Å². The lowest BCUT2D eigenvalue weighted by atomic mass is 10.1. The molecule has 1 heterocycles. The number of carbonyl (C=O) groups excluding carboxylic acids is 2. The van der Waals surface area contributed by atoms with Crippen LogP contribution in [0.3, 0.4) is 0 Å². The maximum Gasteiger partial charge on any atom is 0.306 e. The van der Waals surface area contributed by atoms with Crippen LogP contribution in [0.4, 0.5) is 5.82 Å². The minimum absolute atomic E-state index is 0.104. The molecule has 0 aliphatic heterocycles. The van der Waals surface area contributed by atoms with Gasteiger partial charge in [0.15, 0.2) is 23.4 Å². The molecule has 0 spiro atoms. The molecule has 1 amide bonds. The van der Waals surface area contributed by atoms with Crippen LogP contribution in [0.15, 0.2) is 30.5 Å². The lowest BCUT2D eigenvalue weighted by molar-refractivity contribution is -0.153. The SMILES string of the molecule is COc1ccc(CCC(=O)O[C@@H](C)C(=O)Nc2ncc(Cl)cc2Cl)cc1OC. The summed E-state index contributed by atoms with van der Waals surface area (Å²) in [7, 11) is 3.09. The number of benzene rings is 1. The van der Waals surface area contributed by atoms with Gasteiger partial charge < -0.3 is 19.5 Å². The Labute approximate surface area is 172 Å². The van der Waals surface area contributed by atoms with Gasteiger partial charge in [-0.2, -0.15) is 0 Å². The summed E-state index contributed by atoms with van der Waals surface area (Å²) in [5, 5.41) is 3.03. The first-order valence-electron chi connectivity index (χ1n) is 8.36. The van der Waals surface area contributed by atoms with Crippen LogP contribution in [-0.4, -0.2) is 37.2 Å². The second kappa shape index (κ2) is 10.1. The van der Waals surface area contributed by atoms with Gasteiger partial charge in [0.1, 0.15) is 0 Å². The molecular weight excluding hydrogens is 407 g/mol. The lowest BCUT2D eigenvalue weighted by Gasteiger charge is -2.14. The minimum atomic E-state index is -1.01. The molecule has 2 aromatic rings. The van der Waals surface area contributed by atoms with Gasteiger partial charge in [0.05, 0.1) is 24.3 Å². The van der Waals surface area contributed by atoms with E-state index in [0.29, 0.717) is 22.9 Å². The van der Waals surface area contributed by atoms with Crippen LogP contribution in [-0.2, 0) is 20.7 Å². The summed E-state index contributed by atoms with van der Waals surface area (Å²) < 4.78 is 15.6. The van der Waals surface area contributed by atoms with Crippen molar-refractivity contribution in [1.29, 1.82) is 0 Å². The van der Waals surface area contributed by atoms with Gasteiger partial charge in [0, 0.05) is 12.6 Å². The molecule has 1 aromatic carbocycles. The molecule has 2 rings (SSSR count). The Morgan fingerprint density at radius 2 is 1.86 bits per heavy atom. The van der Waals surface area contributed by atoms with Gasteiger partial charge in [-0.1, -0.05) is 29.3 Å². The summed E-state index contributed by atoms with van der Waals surface area (Å²) in [6, 6.07) is 6.83. The number of methoxy groups -OCH3 is 2. The van der Waals surface area contributed by atoms with Gasteiger partial charge >= 0.3 is 5.97 Å². The standard InChI is InChI=1S/C19H20Cl2N2O5/c1-11(19(25)23-18-14(21)9-13(20)10-22-18)28-17(24)7-5-12-4-6-15(26-2)16(8-12)27-3/h4,6,8-11H,5,7H2,1-3H3,(H,22,23,25)/t11-/m0/s1. The molecule has 0 fully saturated rings. The fourth-order valence-corrected chi connectivity index (χ4v) is 2.74. The van der Waals surface area contributed by atoms with E-state index in [1.807, 2.05) is 6.07 Å². The van der Waals surface area contributed by atoms with Crippen molar-refractivity contribution >= 4 is 40.9 Å². The number of pyridine rings is 1. The third kappa shape index (κ3) is 6.00. The molecule has 0 unspecified atom stereocenters. The highest BCUT2D eigenvalue weighted by Crippen LogP contribution is 2.28. The fourth-order valence-electron chi connectivity index (χ4n) is 2.32. The van der Waals surface area contributed by atoms with Crippen LogP contribution >= 0.6 is 23.2 Å². The molecular formula is C19H20Cl2N2O5. The number of amides is 1. The molecule has 0 saturated heterocycles. The zero-order valence-electron chi connectivity index (χ0n) is 15.6. The smallest absolute Gasteiger partial charge is 0.306 e. The maximum atomic E-state index is 12.2. The van der Waals surface area contributed by atoms with Gasteiger partial charge in [0.25, 0.3) is 5.91 Å². The van der Waals surface area contributed by atoms with E-state index in [2.05, 4.69) is 10.3 Å². The van der Waals surface area contributed by atoms with E-state index in [9.17, 15) is 9.59 Å².